The van der Waals surface area contributed by atoms with E-state index < -0.39 is 5.82 Å². The molecule has 0 saturated carbocycles. The molecule has 0 heterocycles. The van der Waals surface area contributed by atoms with Crippen LogP contribution in [0, 0.1) is 5.82 Å². The maximum atomic E-state index is 13.9. The molecule has 20 heavy (non-hydrogen) atoms. The van der Waals surface area contributed by atoms with Gasteiger partial charge in [-0.3, -0.25) is 4.79 Å². The summed E-state index contributed by atoms with van der Waals surface area (Å²) in [5, 5.41) is 0. The minimum absolute atomic E-state index is 0.0392. The van der Waals surface area contributed by atoms with E-state index in [1.807, 2.05) is 12.1 Å². The molecule has 2 aromatic rings. The Morgan fingerprint density at radius 1 is 1.20 bits per heavy atom. The van der Waals surface area contributed by atoms with E-state index in [0.29, 0.717) is 17.9 Å². The maximum Gasteiger partial charge on any atom is 0.195 e. The van der Waals surface area contributed by atoms with Gasteiger partial charge in [-0.2, -0.15) is 0 Å². The molecule has 0 bridgehead atoms. The van der Waals surface area contributed by atoms with Crippen molar-refractivity contribution < 1.29 is 13.9 Å². The number of ketones is 1. The van der Waals surface area contributed by atoms with Gasteiger partial charge in [0.25, 0.3) is 0 Å². The molecular weight excluding hydrogens is 257 g/mol. The summed E-state index contributed by atoms with van der Waals surface area (Å²) in [5.74, 6) is -0.540. The molecule has 0 atom stereocenters. The van der Waals surface area contributed by atoms with Crippen molar-refractivity contribution in [2.45, 2.75) is 6.42 Å². The van der Waals surface area contributed by atoms with E-state index in [2.05, 4.69) is 0 Å². The predicted molar refractivity (Wildman–Crippen MR) is 75.6 cm³/mol. The van der Waals surface area contributed by atoms with E-state index in [4.69, 9.17) is 10.5 Å². The summed E-state index contributed by atoms with van der Waals surface area (Å²) >= 11 is 0. The maximum absolute atomic E-state index is 13.9. The summed E-state index contributed by atoms with van der Waals surface area (Å²) in [6, 6.07) is 11.3. The topological polar surface area (TPSA) is 52.3 Å². The van der Waals surface area contributed by atoms with E-state index in [1.165, 1.54) is 19.2 Å². The van der Waals surface area contributed by atoms with Crippen LogP contribution in [-0.2, 0) is 6.42 Å². The van der Waals surface area contributed by atoms with Crippen LogP contribution in [0.25, 0.3) is 0 Å². The summed E-state index contributed by atoms with van der Waals surface area (Å²) in [6.07, 6.45) is 0.755. The first-order chi connectivity index (χ1) is 9.65. The quantitative estimate of drug-likeness (QED) is 0.852. The van der Waals surface area contributed by atoms with E-state index in [0.717, 1.165) is 12.0 Å². The van der Waals surface area contributed by atoms with Crippen molar-refractivity contribution in [3.05, 3.63) is 65.0 Å². The lowest BCUT2D eigenvalue weighted by Crippen LogP contribution is -2.06. The Morgan fingerprint density at radius 3 is 2.45 bits per heavy atom. The van der Waals surface area contributed by atoms with Crippen LogP contribution < -0.4 is 10.5 Å². The van der Waals surface area contributed by atoms with E-state index in [9.17, 15) is 9.18 Å². The van der Waals surface area contributed by atoms with Crippen LogP contribution in [0.1, 0.15) is 21.5 Å². The second-order valence-corrected chi connectivity index (χ2v) is 4.41. The van der Waals surface area contributed by atoms with Crippen molar-refractivity contribution in [3.8, 4) is 5.75 Å². The molecule has 2 aromatic carbocycles. The van der Waals surface area contributed by atoms with Gasteiger partial charge >= 0.3 is 0 Å². The van der Waals surface area contributed by atoms with Gasteiger partial charge in [0, 0.05) is 11.6 Å². The zero-order valence-electron chi connectivity index (χ0n) is 11.2. The molecular formula is C16H16FNO2. The fraction of sp³-hybridized carbons (Fsp3) is 0.188. The second-order valence-electron chi connectivity index (χ2n) is 4.41. The monoisotopic (exact) mass is 273 g/mol. The van der Waals surface area contributed by atoms with Gasteiger partial charge in [-0.25, -0.2) is 4.39 Å². The van der Waals surface area contributed by atoms with Gasteiger partial charge in [0.1, 0.15) is 11.6 Å². The lowest BCUT2D eigenvalue weighted by Gasteiger charge is -2.06. The summed E-state index contributed by atoms with van der Waals surface area (Å²) in [4.78, 5) is 12.2. The largest absolute Gasteiger partial charge is 0.497 e. The summed E-state index contributed by atoms with van der Waals surface area (Å²) in [6.45, 7) is 0.556. The smallest absolute Gasteiger partial charge is 0.195 e. The molecule has 0 aromatic heterocycles. The van der Waals surface area contributed by atoms with Crippen molar-refractivity contribution in [2.24, 2.45) is 5.73 Å². The molecule has 0 aliphatic rings. The number of halogens is 1. The fourth-order valence-corrected chi connectivity index (χ4v) is 1.95. The van der Waals surface area contributed by atoms with Gasteiger partial charge in [0.05, 0.1) is 12.7 Å². The van der Waals surface area contributed by atoms with Crippen molar-refractivity contribution in [1.82, 2.24) is 0 Å². The van der Waals surface area contributed by atoms with E-state index in [-0.39, 0.29) is 11.3 Å². The Bertz CT molecular complexity index is 608. The highest BCUT2D eigenvalue weighted by Gasteiger charge is 2.14. The molecule has 0 aliphatic heterocycles. The van der Waals surface area contributed by atoms with Gasteiger partial charge in [-0.1, -0.05) is 24.3 Å². The van der Waals surface area contributed by atoms with E-state index >= 15 is 0 Å². The highest BCUT2D eigenvalue weighted by Crippen LogP contribution is 2.19. The average molecular weight is 273 g/mol. The molecule has 0 amide bonds. The number of nitrogens with two attached hydrogens (primary N) is 1. The van der Waals surface area contributed by atoms with Crippen LogP contribution >= 0.6 is 0 Å². The fourth-order valence-electron chi connectivity index (χ4n) is 1.95. The third-order valence-electron chi connectivity index (χ3n) is 3.07. The van der Waals surface area contributed by atoms with Gasteiger partial charge in [-0.15, -0.1) is 0 Å². The molecule has 0 aliphatic carbocycles. The standard InChI is InChI=1S/C16H16FNO2/c1-20-13-6-7-14(15(17)10-13)16(19)12-4-2-11(3-5-12)8-9-18/h2-7,10H,8-9,18H2,1H3. The van der Waals surface area contributed by atoms with Crippen LogP contribution in [0.15, 0.2) is 42.5 Å². The van der Waals surface area contributed by atoms with Gasteiger partial charge in [0.2, 0.25) is 0 Å². The highest BCUT2D eigenvalue weighted by molar-refractivity contribution is 6.09. The Kier molecular flexibility index (Phi) is 4.48. The SMILES string of the molecule is COc1ccc(C(=O)c2ccc(CCN)cc2)c(F)c1. The second kappa shape index (κ2) is 6.30. The van der Waals surface area contributed by atoms with Gasteiger partial charge < -0.3 is 10.5 Å². The number of rotatable bonds is 5. The number of benzene rings is 2. The molecule has 0 radical (unpaired) electrons. The zero-order valence-corrected chi connectivity index (χ0v) is 11.2. The number of carbonyl (C=O) groups is 1. The Morgan fingerprint density at radius 2 is 1.90 bits per heavy atom. The first kappa shape index (κ1) is 14.2. The molecule has 0 fully saturated rings. The van der Waals surface area contributed by atoms with Gasteiger partial charge in [0.15, 0.2) is 5.78 Å². The molecule has 104 valence electrons. The van der Waals surface area contributed by atoms with Crippen LogP contribution in [0.2, 0.25) is 0 Å². The van der Waals surface area contributed by atoms with Crippen LogP contribution in [0.5, 0.6) is 5.75 Å². The van der Waals surface area contributed by atoms with Crippen molar-refractivity contribution in [3.63, 3.8) is 0 Å². The Hall–Kier alpha value is -2.20. The lowest BCUT2D eigenvalue weighted by atomic mass is 10.0. The predicted octanol–water partition coefficient (Wildman–Crippen LogP) is 2.57. The molecule has 0 saturated heterocycles. The zero-order chi connectivity index (χ0) is 14.5. The number of hydrogen-bond donors (Lipinski definition) is 1. The third-order valence-corrected chi connectivity index (χ3v) is 3.07. The first-order valence-corrected chi connectivity index (χ1v) is 6.33. The minimum Gasteiger partial charge on any atom is -0.497 e. The molecule has 4 heteroatoms. The van der Waals surface area contributed by atoms with Gasteiger partial charge in [-0.05, 0) is 30.7 Å². The van der Waals surface area contributed by atoms with Crippen molar-refractivity contribution >= 4 is 5.78 Å². The molecule has 2 rings (SSSR count). The normalized spacial score (nSPS) is 10.3. The number of carbonyl (C=O) groups excluding carboxylic acids is 1. The molecule has 2 N–H and O–H groups in total. The van der Waals surface area contributed by atoms with E-state index in [1.54, 1.807) is 18.2 Å². The highest BCUT2D eigenvalue weighted by atomic mass is 19.1. The van der Waals surface area contributed by atoms with Crippen molar-refractivity contribution in [2.75, 3.05) is 13.7 Å². The summed E-state index contributed by atoms with van der Waals surface area (Å²) in [7, 11) is 1.45. The molecule has 0 spiro atoms. The van der Waals surface area contributed by atoms with Crippen LogP contribution in [-0.4, -0.2) is 19.4 Å². The molecule has 3 nitrogen and oxygen atoms in total. The number of methoxy groups -OCH3 is 1. The Labute approximate surface area is 117 Å². The summed E-state index contributed by atoms with van der Waals surface area (Å²) in [5.41, 5.74) is 7.02. The molecule has 0 unspecified atom stereocenters. The number of hydrogen-bond acceptors (Lipinski definition) is 3. The van der Waals surface area contributed by atoms with Crippen LogP contribution in [0.3, 0.4) is 0 Å². The Balaban J connectivity index is 2.26. The van der Waals surface area contributed by atoms with Crippen molar-refractivity contribution in [1.29, 1.82) is 0 Å². The lowest BCUT2D eigenvalue weighted by molar-refractivity contribution is 0.103. The number of ether oxygens (including phenoxy) is 1. The first-order valence-electron chi connectivity index (χ1n) is 6.33. The van der Waals surface area contributed by atoms with Crippen LogP contribution in [0.4, 0.5) is 4.39 Å². The summed E-state index contributed by atoms with van der Waals surface area (Å²) < 4.78 is 18.8. The minimum atomic E-state index is -0.583. The average Bonchev–Trinajstić information content (AvgIpc) is 2.47. The third kappa shape index (κ3) is 3.03.